The third-order valence-corrected chi connectivity index (χ3v) is 8.59. The van der Waals surface area contributed by atoms with E-state index in [-0.39, 0.29) is 16.5 Å². The van der Waals surface area contributed by atoms with Gasteiger partial charge in [-0.15, -0.1) is 0 Å². The Bertz CT molecular complexity index is 996. The standard InChI is InChI=1S/C42H66N2.Ni/c1-3-5-7-9-11-12-13-14-15-16-17-18-19-20-21-22-24-32-38-42(44-40-35-29-26-30-36-40)41(37-31-23-10-8-6-4-2)43-39-33-27-25-28-34-39;/h25-30,32-36,38H,3-24,31,37H2,1-2H3;/b38-32+,43-41?,44-42?;. The summed E-state index contributed by atoms with van der Waals surface area (Å²) in [6.45, 7) is 4.58. The Kier molecular flexibility index (Phi) is 28.0. The van der Waals surface area contributed by atoms with Gasteiger partial charge in [-0.3, -0.25) is 4.99 Å². The fraction of sp³-hybridized carbons (Fsp3) is 0.619. The second-order valence-corrected chi connectivity index (χ2v) is 12.7. The minimum absolute atomic E-state index is 0. The SMILES string of the molecule is CCCCCCCCCCCCCCCCCC/C=C/C(=Nc1ccccc1)C(CCCCCCCC)=Nc1ccccc1.[Ni]. The number of para-hydroxylation sites is 2. The smallest absolute Gasteiger partial charge is 0.0848 e. The molecule has 0 aromatic heterocycles. The van der Waals surface area contributed by atoms with Crippen LogP contribution in [0.5, 0.6) is 0 Å². The second-order valence-electron chi connectivity index (χ2n) is 12.7. The van der Waals surface area contributed by atoms with Gasteiger partial charge in [-0.05, 0) is 56.0 Å². The molecule has 45 heavy (non-hydrogen) atoms. The van der Waals surface area contributed by atoms with Crippen LogP contribution in [0.4, 0.5) is 11.4 Å². The Balaban J connectivity index is 0.0000101. The first-order chi connectivity index (χ1) is 21.8. The summed E-state index contributed by atoms with van der Waals surface area (Å²) in [6, 6.07) is 20.8. The maximum atomic E-state index is 5.12. The molecule has 0 aliphatic heterocycles. The Hall–Kier alpha value is -1.99. The number of allylic oxidation sites excluding steroid dienone is 2. The van der Waals surface area contributed by atoms with Crippen LogP contribution in [0.15, 0.2) is 82.8 Å². The van der Waals surface area contributed by atoms with Crippen molar-refractivity contribution in [3.05, 3.63) is 72.8 Å². The number of aliphatic imine (C=N–C) groups is 2. The summed E-state index contributed by atoms with van der Waals surface area (Å²) < 4.78 is 0. The topological polar surface area (TPSA) is 24.7 Å². The summed E-state index contributed by atoms with van der Waals surface area (Å²) >= 11 is 0. The molecule has 0 saturated heterocycles. The quantitative estimate of drug-likeness (QED) is 0.0494. The van der Waals surface area contributed by atoms with Gasteiger partial charge in [-0.1, -0.05) is 185 Å². The molecule has 0 bridgehead atoms. The van der Waals surface area contributed by atoms with E-state index in [0.29, 0.717) is 0 Å². The molecule has 254 valence electrons. The van der Waals surface area contributed by atoms with Gasteiger partial charge < -0.3 is 0 Å². The van der Waals surface area contributed by atoms with Crippen LogP contribution in [0, 0.1) is 0 Å². The molecule has 2 nitrogen and oxygen atoms in total. The molecule has 0 aliphatic rings. The Labute approximate surface area is 289 Å². The van der Waals surface area contributed by atoms with E-state index < -0.39 is 0 Å². The van der Waals surface area contributed by atoms with E-state index in [1.807, 2.05) is 0 Å². The first-order valence-corrected chi connectivity index (χ1v) is 18.8. The Morgan fingerprint density at radius 1 is 0.467 bits per heavy atom. The first-order valence-electron chi connectivity index (χ1n) is 18.8. The van der Waals surface area contributed by atoms with E-state index in [9.17, 15) is 0 Å². The molecule has 3 heteroatoms. The van der Waals surface area contributed by atoms with Crippen molar-refractivity contribution >= 4 is 22.8 Å². The molecular weight excluding hydrogens is 591 g/mol. The summed E-state index contributed by atoms with van der Waals surface area (Å²) in [5.74, 6) is 0. The summed E-state index contributed by atoms with van der Waals surface area (Å²) in [5.41, 5.74) is 4.14. The molecule has 0 saturated carbocycles. The van der Waals surface area contributed by atoms with Crippen molar-refractivity contribution in [3.8, 4) is 0 Å². The number of nitrogens with zero attached hydrogens (tertiary/aromatic N) is 2. The summed E-state index contributed by atoms with van der Waals surface area (Å²) in [4.78, 5) is 10.2. The predicted octanol–water partition coefficient (Wildman–Crippen LogP) is 14.5. The van der Waals surface area contributed by atoms with E-state index in [2.05, 4.69) is 86.7 Å². The maximum Gasteiger partial charge on any atom is 0.0848 e. The number of hydrogen-bond acceptors (Lipinski definition) is 2. The van der Waals surface area contributed by atoms with E-state index in [0.717, 1.165) is 42.1 Å². The molecule has 0 radical (unpaired) electrons. The molecule has 0 atom stereocenters. The molecule has 0 spiro atoms. The number of benzene rings is 2. The first kappa shape index (κ1) is 41.0. The van der Waals surface area contributed by atoms with Crippen LogP contribution in [0.1, 0.15) is 168 Å². The molecule has 2 aromatic carbocycles. The summed E-state index contributed by atoms with van der Waals surface area (Å²) in [7, 11) is 0. The van der Waals surface area contributed by atoms with Gasteiger partial charge in [0, 0.05) is 16.5 Å². The molecule has 0 N–H and O–H groups in total. The van der Waals surface area contributed by atoms with Crippen molar-refractivity contribution in [2.45, 2.75) is 168 Å². The minimum Gasteiger partial charge on any atom is -0.251 e. The van der Waals surface area contributed by atoms with Crippen LogP contribution >= 0.6 is 0 Å². The average Bonchev–Trinajstić information content (AvgIpc) is 3.05. The average molecular weight is 658 g/mol. The van der Waals surface area contributed by atoms with Crippen LogP contribution in [0.2, 0.25) is 0 Å². The van der Waals surface area contributed by atoms with Crippen LogP contribution in [-0.4, -0.2) is 11.4 Å². The fourth-order valence-corrected chi connectivity index (χ4v) is 5.82. The normalized spacial score (nSPS) is 12.1. The van der Waals surface area contributed by atoms with Gasteiger partial charge >= 0.3 is 0 Å². The monoisotopic (exact) mass is 656 g/mol. The van der Waals surface area contributed by atoms with Gasteiger partial charge in [-0.2, -0.15) is 0 Å². The van der Waals surface area contributed by atoms with Crippen molar-refractivity contribution in [2.75, 3.05) is 0 Å². The largest absolute Gasteiger partial charge is 0.251 e. The van der Waals surface area contributed by atoms with Gasteiger partial charge in [0.2, 0.25) is 0 Å². The second kappa shape index (κ2) is 30.7. The molecule has 0 fully saturated rings. The molecule has 2 rings (SSSR count). The van der Waals surface area contributed by atoms with Crippen molar-refractivity contribution in [1.82, 2.24) is 0 Å². The van der Waals surface area contributed by atoms with Crippen LogP contribution in [0.25, 0.3) is 0 Å². The summed E-state index contributed by atoms with van der Waals surface area (Å²) in [5, 5.41) is 0. The zero-order valence-corrected chi connectivity index (χ0v) is 30.1. The van der Waals surface area contributed by atoms with Crippen LogP contribution < -0.4 is 0 Å². The molecule has 0 heterocycles. The van der Waals surface area contributed by atoms with Gasteiger partial charge in [0.15, 0.2) is 0 Å². The molecule has 0 aliphatic carbocycles. The van der Waals surface area contributed by atoms with E-state index in [4.69, 9.17) is 9.98 Å². The minimum atomic E-state index is 0. The molecule has 0 unspecified atom stereocenters. The zero-order chi connectivity index (χ0) is 31.2. The van der Waals surface area contributed by atoms with Crippen molar-refractivity contribution < 1.29 is 16.5 Å². The number of hydrogen-bond donors (Lipinski definition) is 0. The van der Waals surface area contributed by atoms with Gasteiger partial charge in [-0.25, -0.2) is 4.99 Å². The maximum absolute atomic E-state index is 5.12. The predicted molar refractivity (Wildman–Crippen MR) is 198 cm³/mol. The Morgan fingerprint density at radius 2 is 0.844 bits per heavy atom. The van der Waals surface area contributed by atoms with Crippen molar-refractivity contribution in [3.63, 3.8) is 0 Å². The van der Waals surface area contributed by atoms with Gasteiger partial charge in [0.05, 0.1) is 22.8 Å². The summed E-state index contributed by atoms with van der Waals surface area (Å²) in [6.07, 6.45) is 37.0. The third kappa shape index (κ3) is 23.1. The van der Waals surface area contributed by atoms with Gasteiger partial charge in [0.1, 0.15) is 0 Å². The number of rotatable bonds is 28. The molecule has 0 amide bonds. The van der Waals surface area contributed by atoms with Crippen LogP contribution in [0.3, 0.4) is 0 Å². The Morgan fingerprint density at radius 3 is 1.29 bits per heavy atom. The van der Waals surface area contributed by atoms with Crippen molar-refractivity contribution in [2.24, 2.45) is 9.98 Å². The van der Waals surface area contributed by atoms with Crippen molar-refractivity contribution in [1.29, 1.82) is 0 Å². The van der Waals surface area contributed by atoms with Gasteiger partial charge in [0.25, 0.3) is 0 Å². The van der Waals surface area contributed by atoms with Crippen LogP contribution in [-0.2, 0) is 16.5 Å². The van der Waals surface area contributed by atoms with E-state index in [1.165, 1.54) is 135 Å². The fourth-order valence-electron chi connectivity index (χ4n) is 5.82. The molecular formula is C42H66N2Ni. The third-order valence-electron chi connectivity index (χ3n) is 8.59. The van der Waals surface area contributed by atoms with E-state index in [1.54, 1.807) is 0 Å². The zero-order valence-electron chi connectivity index (χ0n) is 29.1. The molecule has 2 aromatic rings. The van der Waals surface area contributed by atoms with E-state index >= 15 is 0 Å². The number of unbranched alkanes of at least 4 members (excludes halogenated alkanes) is 21.